The Morgan fingerprint density at radius 1 is 1.43 bits per heavy atom. The van der Waals surface area contributed by atoms with Crippen molar-refractivity contribution in [2.75, 3.05) is 0 Å². The lowest BCUT2D eigenvalue weighted by molar-refractivity contribution is -0.138. The van der Waals surface area contributed by atoms with Gasteiger partial charge in [-0.3, -0.25) is 4.68 Å². The maximum atomic E-state index is 11.7. The van der Waals surface area contributed by atoms with Gasteiger partial charge in [0.15, 0.2) is 0 Å². The number of carbonyl (C=O) groups is 1. The van der Waals surface area contributed by atoms with Gasteiger partial charge in [0.25, 0.3) is 0 Å². The van der Waals surface area contributed by atoms with Crippen LogP contribution in [-0.2, 0) is 23.2 Å². The normalized spacial score (nSPS) is 11.0. The lowest BCUT2D eigenvalue weighted by atomic mass is 10.2. The van der Waals surface area contributed by atoms with Gasteiger partial charge in [0.2, 0.25) is 0 Å². The molecule has 0 amide bonds. The molecule has 5 heteroatoms. The summed E-state index contributed by atoms with van der Waals surface area (Å²) in [7, 11) is 1.87. The van der Waals surface area contributed by atoms with E-state index in [1.807, 2.05) is 33.0 Å². The summed E-state index contributed by atoms with van der Waals surface area (Å²) in [6.45, 7) is 4.07. The minimum Gasteiger partial charge on any atom is -0.458 e. The fourth-order valence-electron chi connectivity index (χ4n) is 2.01. The average Bonchev–Trinajstić information content (AvgIpc) is 2.68. The van der Waals surface area contributed by atoms with Gasteiger partial charge in [0, 0.05) is 29.4 Å². The third kappa shape index (κ3) is 3.95. The molecule has 1 heterocycles. The number of esters is 1. The van der Waals surface area contributed by atoms with Gasteiger partial charge in [-0.15, -0.1) is 0 Å². The molecular formula is C16H17ClN2O2. The number of aromatic nitrogens is 2. The monoisotopic (exact) mass is 304 g/mol. The number of hydrogen-bond acceptors (Lipinski definition) is 3. The Bertz CT molecular complexity index is 690. The Hall–Kier alpha value is -2.07. The molecule has 0 N–H and O–H groups in total. The first-order chi connectivity index (χ1) is 9.97. The third-order valence-corrected chi connectivity index (χ3v) is 3.46. The zero-order valence-corrected chi connectivity index (χ0v) is 13.0. The van der Waals surface area contributed by atoms with Gasteiger partial charge >= 0.3 is 5.97 Å². The fraction of sp³-hybridized carbons (Fsp3) is 0.250. The molecule has 1 aromatic carbocycles. The van der Waals surface area contributed by atoms with Crippen LogP contribution in [0.4, 0.5) is 0 Å². The molecular weight excluding hydrogens is 288 g/mol. The largest absolute Gasteiger partial charge is 0.458 e. The Morgan fingerprint density at radius 3 is 2.81 bits per heavy atom. The van der Waals surface area contributed by atoms with Crippen LogP contribution in [0.15, 0.2) is 30.3 Å². The quantitative estimate of drug-likeness (QED) is 0.642. The molecule has 0 saturated carbocycles. The fourth-order valence-corrected chi connectivity index (χ4v) is 2.22. The van der Waals surface area contributed by atoms with Crippen LogP contribution in [0.25, 0.3) is 6.08 Å². The van der Waals surface area contributed by atoms with E-state index in [4.69, 9.17) is 16.3 Å². The first kappa shape index (κ1) is 15.3. The van der Waals surface area contributed by atoms with Crippen molar-refractivity contribution in [2.45, 2.75) is 20.5 Å². The van der Waals surface area contributed by atoms with Gasteiger partial charge in [-0.1, -0.05) is 23.7 Å². The first-order valence-electron chi connectivity index (χ1n) is 6.57. The molecule has 21 heavy (non-hydrogen) atoms. The predicted molar refractivity (Wildman–Crippen MR) is 83.0 cm³/mol. The molecule has 0 saturated heterocycles. The Morgan fingerprint density at radius 2 is 2.19 bits per heavy atom. The Labute approximate surface area is 129 Å². The van der Waals surface area contributed by atoms with Crippen LogP contribution >= 0.6 is 11.6 Å². The summed E-state index contributed by atoms with van der Waals surface area (Å²) >= 11 is 5.87. The van der Waals surface area contributed by atoms with Crippen molar-refractivity contribution >= 4 is 23.6 Å². The molecule has 110 valence electrons. The van der Waals surface area contributed by atoms with Crippen LogP contribution in [0.1, 0.15) is 22.5 Å². The minimum atomic E-state index is -0.391. The van der Waals surface area contributed by atoms with E-state index in [2.05, 4.69) is 5.10 Å². The molecule has 0 bridgehead atoms. The van der Waals surface area contributed by atoms with E-state index in [-0.39, 0.29) is 6.61 Å². The van der Waals surface area contributed by atoms with Crippen molar-refractivity contribution in [2.24, 2.45) is 7.05 Å². The molecule has 0 aliphatic rings. The highest BCUT2D eigenvalue weighted by atomic mass is 35.5. The Balaban J connectivity index is 1.97. The van der Waals surface area contributed by atoms with E-state index in [0.717, 1.165) is 22.5 Å². The molecule has 0 aliphatic heterocycles. The standard InChI is InChI=1S/C16H17ClN2O2/c1-11-15(12(2)19(3)18-11)7-8-16(20)21-10-13-5-4-6-14(17)9-13/h4-9H,10H2,1-3H3/b8-7+. The summed E-state index contributed by atoms with van der Waals surface area (Å²) < 4.78 is 6.96. The van der Waals surface area contributed by atoms with Crippen molar-refractivity contribution in [3.63, 3.8) is 0 Å². The number of hydrogen-bond donors (Lipinski definition) is 0. The lowest BCUT2D eigenvalue weighted by Crippen LogP contribution is -2.00. The summed E-state index contributed by atoms with van der Waals surface area (Å²) in [4.78, 5) is 11.7. The molecule has 0 unspecified atom stereocenters. The molecule has 0 spiro atoms. The van der Waals surface area contributed by atoms with Crippen LogP contribution in [0.5, 0.6) is 0 Å². The van der Waals surface area contributed by atoms with E-state index in [1.165, 1.54) is 6.08 Å². The number of nitrogens with zero attached hydrogens (tertiary/aromatic N) is 2. The van der Waals surface area contributed by atoms with Crippen molar-refractivity contribution < 1.29 is 9.53 Å². The summed E-state index contributed by atoms with van der Waals surface area (Å²) in [5, 5.41) is 4.92. The highest BCUT2D eigenvalue weighted by Gasteiger charge is 2.07. The maximum absolute atomic E-state index is 11.7. The highest BCUT2D eigenvalue weighted by Crippen LogP contribution is 2.14. The van der Waals surface area contributed by atoms with Gasteiger partial charge in [-0.05, 0) is 37.6 Å². The third-order valence-electron chi connectivity index (χ3n) is 3.22. The summed E-state index contributed by atoms with van der Waals surface area (Å²) in [6.07, 6.45) is 3.15. The molecule has 0 atom stereocenters. The van der Waals surface area contributed by atoms with E-state index in [9.17, 15) is 4.79 Å². The number of aryl methyl sites for hydroxylation is 2. The van der Waals surface area contributed by atoms with Gasteiger partial charge in [-0.25, -0.2) is 4.79 Å². The number of benzene rings is 1. The van der Waals surface area contributed by atoms with Crippen LogP contribution in [0.2, 0.25) is 5.02 Å². The molecule has 2 rings (SSSR count). The summed E-state index contributed by atoms with van der Waals surface area (Å²) in [5.74, 6) is -0.391. The predicted octanol–water partition coefficient (Wildman–Crippen LogP) is 3.45. The molecule has 2 aromatic rings. The zero-order valence-electron chi connectivity index (χ0n) is 12.3. The topological polar surface area (TPSA) is 44.1 Å². The average molecular weight is 305 g/mol. The number of carbonyl (C=O) groups excluding carboxylic acids is 1. The minimum absolute atomic E-state index is 0.203. The molecule has 1 aromatic heterocycles. The Kier molecular flexibility index (Phi) is 4.81. The van der Waals surface area contributed by atoms with E-state index in [1.54, 1.807) is 22.9 Å². The summed E-state index contributed by atoms with van der Waals surface area (Å²) in [5.41, 5.74) is 3.69. The van der Waals surface area contributed by atoms with Crippen molar-refractivity contribution in [3.05, 3.63) is 57.9 Å². The number of halogens is 1. The molecule has 0 radical (unpaired) electrons. The van der Waals surface area contributed by atoms with Gasteiger partial charge in [0.1, 0.15) is 6.61 Å². The molecule has 4 nitrogen and oxygen atoms in total. The van der Waals surface area contributed by atoms with E-state index >= 15 is 0 Å². The number of ether oxygens (including phenoxy) is 1. The van der Waals surface area contributed by atoms with Crippen molar-refractivity contribution in [1.82, 2.24) is 9.78 Å². The van der Waals surface area contributed by atoms with E-state index < -0.39 is 5.97 Å². The van der Waals surface area contributed by atoms with Crippen LogP contribution in [0, 0.1) is 13.8 Å². The molecule has 0 fully saturated rings. The second-order valence-corrected chi connectivity index (χ2v) is 5.22. The van der Waals surface area contributed by atoms with Crippen molar-refractivity contribution in [1.29, 1.82) is 0 Å². The lowest BCUT2D eigenvalue weighted by Gasteiger charge is -2.02. The van der Waals surface area contributed by atoms with Crippen LogP contribution in [-0.4, -0.2) is 15.7 Å². The maximum Gasteiger partial charge on any atom is 0.331 e. The second-order valence-electron chi connectivity index (χ2n) is 4.78. The van der Waals surface area contributed by atoms with Gasteiger partial charge in [-0.2, -0.15) is 5.10 Å². The van der Waals surface area contributed by atoms with E-state index in [0.29, 0.717) is 5.02 Å². The SMILES string of the molecule is Cc1nn(C)c(C)c1/C=C/C(=O)OCc1cccc(Cl)c1. The summed E-state index contributed by atoms with van der Waals surface area (Å²) in [6, 6.07) is 7.23. The zero-order chi connectivity index (χ0) is 15.4. The smallest absolute Gasteiger partial charge is 0.331 e. The second kappa shape index (κ2) is 6.59. The van der Waals surface area contributed by atoms with Crippen LogP contribution < -0.4 is 0 Å². The molecule has 0 aliphatic carbocycles. The van der Waals surface area contributed by atoms with Crippen LogP contribution in [0.3, 0.4) is 0 Å². The first-order valence-corrected chi connectivity index (χ1v) is 6.94. The number of rotatable bonds is 4. The van der Waals surface area contributed by atoms with Crippen molar-refractivity contribution in [3.8, 4) is 0 Å². The highest BCUT2D eigenvalue weighted by molar-refractivity contribution is 6.30. The van der Waals surface area contributed by atoms with Gasteiger partial charge < -0.3 is 4.74 Å². The van der Waals surface area contributed by atoms with Gasteiger partial charge in [0.05, 0.1) is 5.69 Å².